The van der Waals surface area contributed by atoms with Crippen molar-refractivity contribution in [2.75, 3.05) is 18.0 Å². The Morgan fingerprint density at radius 1 is 0.967 bits per heavy atom. The minimum absolute atomic E-state index is 0.226. The zero-order valence-corrected chi connectivity index (χ0v) is 17.0. The van der Waals surface area contributed by atoms with Gasteiger partial charge in [-0.05, 0) is 38.5 Å². The quantitative estimate of drug-likeness (QED) is 0.739. The second-order valence-corrected chi connectivity index (χ2v) is 8.68. The van der Waals surface area contributed by atoms with Crippen molar-refractivity contribution in [1.29, 1.82) is 0 Å². The predicted molar refractivity (Wildman–Crippen MR) is 106 cm³/mol. The molecule has 2 aromatic heterocycles. The molecule has 0 radical (unpaired) electrons. The van der Waals surface area contributed by atoms with Gasteiger partial charge in [0.1, 0.15) is 23.7 Å². The first-order valence-electron chi connectivity index (χ1n) is 10.9. The molecule has 9 heteroatoms. The normalized spacial score (nSPS) is 20.9. The molecule has 3 aliphatic rings. The number of likely N-dealkylation sites (tertiary alicyclic amines) is 1. The van der Waals surface area contributed by atoms with Gasteiger partial charge in [-0.15, -0.1) is 0 Å². The van der Waals surface area contributed by atoms with Gasteiger partial charge in [-0.2, -0.15) is 13.2 Å². The summed E-state index contributed by atoms with van der Waals surface area (Å²) < 4.78 is 41.7. The average Bonchev–Trinajstić information content (AvgIpc) is 3.50. The lowest BCUT2D eigenvalue weighted by molar-refractivity contribution is -0.141. The fraction of sp³-hybridized carbons (Fsp3) is 0.667. The molecule has 0 aromatic carbocycles. The molecule has 2 fully saturated rings. The van der Waals surface area contributed by atoms with Gasteiger partial charge in [-0.1, -0.05) is 0 Å². The van der Waals surface area contributed by atoms with Gasteiger partial charge in [0.05, 0.1) is 5.69 Å². The molecule has 5 rings (SSSR count). The van der Waals surface area contributed by atoms with Gasteiger partial charge in [0.25, 0.3) is 0 Å². The average molecular weight is 420 g/mol. The third kappa shape index (κ3) is 4.04. The van der Waals surface area contributed by atoms with E-state index in [1.165, 1.54) is 24.4 Å². The second-order valence-electron chi connectivity index (χ2n) is 8.68. The van der Waals surface area contributed by atoms with Crippen molar-refractivity contribution in [3.05, 3.63) is 35.8 Å². The molecular formula is C21H27F3N6. The van der Waals surface area contributed by atoms with E-state index in [9.17, 15) is 13.2 Å². The highest BCUT2D eigenvalue weighted by atomic mass is 19.4. The largest absolute Gasteiger partial charge is 0.433 e. The van der Waals surface area contributed by atoms with Crippen molar-refractivity contribution in [3.8, 4) is 0 Å². The highest BCUT2D eigenvalue weighted by molar-refractivity contribution is 5.44. The van der Waals surface area contributed by atoms with E-state index in [0.717, 1.165) is 70.7 Å². The van der Waals surface area contributed by atoms with Crippen LogP contribution < -0.4 is 4.90 Å². The molecule has 6 nitrogen and oxygen atoms in total. The van der Waals surface area contributed by atoms with Gasteiger partial charge in [-0.3, -0.25) is 4.90 Å². The number of aromatic nitrogens is 4. The maximum atomic E-state index is 13.1. The molecular weight excluding hydrogens is 393 g/mol. The first-order chi connectivity index (χ1) is 14.5. The van der Waals surface area contributed by atoms with Crippen LogP contribution in [0.2, 0.25) is 0 Å². The van der Waals surface area contributed by atoms with Crippen LogP contribution in [0.15, 0.2) is 18.6 Å². The molecule has 0 bridgehead atoms. The van der Waals surface area contributed by atoms with E-state index in [0.29, 0.717) is 11.9 Å². The summed E-state index contributed by atoms with van der Waals surface area (Å²) in [6.07, 6.45) is 6.03. The fourth-order valence-electron chi connectivity index (χ4n) is 4.86. The highest BCUT2D eigenvalue weighted by Crippen LogP contribution is 2.37. The first kappa shape index (κ1) is 19.8. The van der Waals surface area contributed by atoms with Gasteiger partial charge in [0, 0.05) is 56.9 Å². The van der Waals surface area contributed by atoms with Gasteiger partial charge in [-0.25, -0.2) is 15.0 Å². The third-order valence-corrected chi connectivity index (χ3v) is 6.54. The fourth-order valence-corrected chi connectivity index (χ4v) is 4.86. The number of fused-ring (bicyclic) bond motifs is 1. The summed E-state index contributed by atoms with van der Waals surface area (Å²) in [5.74, 6) is 1.62. The van der Waals surface area contributed by atoms with Crippen LogP contribution in [0.25, 0.3) is 0 Å². The molecule has 0 unspecified atom stereocenters. The number of hydrogen-bond donors (Lipinski definition) is 0. The zero-order chi connectivity index (χ0) is 20.7. The van der Waals surface area contributed by atoms with Crippen LogP contribution >= 0.6 is 0 Å². The lowest BCUT2D eigenvalue weighted by Crippen LogP contribution is -2.46. The Kier molecular flexibility index (Phi) is 5.16. The van der Waals surface area contributed by atoms with Crippen molar-refractivity contribution in [2.24, 2.45) is 0 Å². The summed E-state index contributed by atoms with van der Waals surface area (Å²) in [7, 11) is 0. The molecule has 2 aliphatic heterocycles. The molecule has 2 aromatic rings. The summed E-state index contributed by atoms with van der Waals surface area (Å²) >= 11 is 0. The monoisotopic (exact) mass is 420 g/mol. The highest BCUT2D eigenvalue weighted by Gasteiger charge is 2.39. The van der Waals surface area contributed by atoms with Gasteiger partial charge >= 0.3 is 6.18 Å². The summed E-state index contributed by atoms with van der Waals surface area (Å²) in [6.45, 7) is 3.83. The molecule has 1 saturated carbocycles. The standard InChI is InChI=1S/C21H27F3N6/c22-21(23,24)18-11-20(27-14-26-18)30(15-4-5-15)16-6-9-28(10-7-16)13-17-12-25-19-3-1-2-8-29(17)19/h11-12,14-16H,1-10,13H2. The minimum Gasteiger partial charge on any atom is -0.350 e. The Balaban J connectivity index is 1.25. The molecule has 1 saturated heterocycles. The minimum atomic E-state index is -4.44. The van der Waals surface area contributed by atoms with Crippen molar-refractivity contribution in [2.45, 2.75) is 76.3 Å². The summed E-state index contributed by atoms with van der Waals surface area (Å²) in [5, 5.41) is 0. The second kappa shape index (κ2) is 7.83. The Labute approximate surface area is 174 Å². The number of halogens is 3. The van der Waals surface area contributed by atoms with Crippen molar-refractivity contribution >= 4 is 5.82 Å². The van der Waals surface area contributed by atoms with Crippen LogP contribution in [0.5, 0.6) is 0 Å². The smallest absolute Gasteiger partial charge is 0.350 e. The summed E-state index contributed by atoms with van der Waals surface area (Å²) in [5.41, 5.74) is 0.425. The number of alkyl halides is 3. The molecule has 0 spiro atoms. The Bertz CT molecular complexity index is 883. The molecule has 0 atom stereocenters. The van der Waals surface area contributed by atoms with Crippen LogP contribution in [0.3, 0.4) is 0 Å². The van der Waals surface area contributed by atoms with Crippen LogP contribution in [0, 0.1) is 0 Å². The van der Waals surface area contributed by atoms with Gasteiger partial charge in [0.15, 0.2) is 0 Å². The van der Waals surface area contributed by atoms with E-state index in [1.54, 1.807) is 0 Å². The Hall–Kier alpha value is -2.16. The van der Waals surface area contributed by atoms with Gasteiger partial charge < -0.3 is 9.47 Å². The number of hydrogen-bond acceptors (Lipinski definition) is 5. The number of piperidine rings is 1. The summed E-state index contributed by atoms with van der Waals surface area (Å²) in [4.78, 5) is 16.8. The van der Waals surface area contributed by atoms with Crippen molar-refractivity contribution in [1.82, 2.24) is 24.4 Å². The SMILES string of the molecule is FC(F)(F)c1cc(N(C2CC2)C2CCN(Cc3cnc4n3CCCC4)CC2)ncn1. The van der Waals surface area contributed by atoms with E-state index in [-0.39, 0.29) is 6.04 Å². The molecule has 30 heavy (non-hydrogen) atoms. The molecule has 1 aliphatic carbocycles. The van der Waals surface area contributed by atoms with Crippen molar-refractivity contribution in [3.63, 3.8) is 0 Å². The Morgan fingerprint density at radius 2 is 1.73 bits per heavy atom. The van der Waals surface area contributed by atoms with Crippen molar-refractivity contribution < 1.29 is 13.2 Å². The number of nitrogens with zero attached hydrogens (tertiary/aromatic N) is 6. The number of aryl methyl sites for hydroxylation is 1. The molecule has 0 N–H and O–H groups in total. The maximum Gasteiger partial charge on any atom is 0.433 e. The maximum absolute atomic E-state index is 13.1. The lowest BCUT2D eigenvalue weighted by atomic mass is 10.0. The topological polar surface area (TPSA) is 50.1 Å². The summed E-state index contributed by atoms with van der Waals surface area (Å²) in [6, 6.07) is 1.65. The molecule has 0 amide bonds. The Morgan fingerprint density at radius 3 is 2.47 bits per heavy atom. The molecule has 162 valence electrons. The van der Waals surface area contributed by atoms with Crippen LogP contribution in [-0.2, 0) is 25.7 Å². The van der Waals surface area contributed by atoms with Crippen LogP contribution in [0.1, 0.15) is 55.7 Å². The van der Waals surface area contributed by atoms with Gasteiger partial charge in [0.2, 0.25) is 0 Å². The first-order valence-corrected chi connectivity index (χ1v) is 10.9. The number of anilines is 1. The van der Waals surface area contributed by atoms with E-state index in [2.05, 4.69) is 29.3 Å². The van der Waals surface area contributed by atoms with E-state index in [4.69, 9.17) is 0 Å². The van der Waals surface area contributed by atoms with E-state index < -0.39 is 11.9 Å². The van der Waals surface area contributed by atoms with E-state index in [1.807, 2.05) is 6.20 Å². The lowest BCUT2D eigenvalue weighted by Gasteiger charge is -2.39. The van der Waals surface area contributed by atoms with Crippen LogP contribution in [-0.4, -0.2) is 49.6 Å². The number of imidazole rings is 1. The van der Waals surface area contributed by atoms with E-state index >= 15 is 0 Å². The predicted octanol–water partition coefficient (Wildman–Crippen LogP) is 3.66. The zero-order valence-electron chi connectivity index (χ0n) is 17.0. The third-order valence-electron chi connectivity index (χ3n) is 6.54. The molecule has 4 heterocycles. The van der Waals surface area contributed by atoms with Crippen LogP contribution in [0.4, 0.5) is 19.0 Å². The number of rotatable bonds is 5.